The Hall–Kier alpha value is -1.97. The quantitative estimate of drug-likeness (QED) is 0.901. The summed E-state index contributed by atoms with van der Waals surface area (Å²) in [5.74, 6) is 1.64. The van der Waals surface area contributed by atoms with E-state index in [-0.39, 0.29) is 6.04 Å². The van der Waals surface area contributed by atoms with Crippen LogP contribution in [0.1, 0.15) is 37.4 Å². The maximum atomic E-state index is 5.93. The lowest BCUT2D eigenvalue weighted by Gasteiger charge is -2.26. The highest BCUT2D eigenvalue weighted by Gasteiger charge is 2.23. The average molecular weight is 270 g/mol. The minimum Gasteiger partial charge on any atom is -0.394 e. The fourth-order valence-electron chi connectivity index (χ4n) is 2.90. The van der Waals surface area contributed by atoms with Crippen LogP contribution in [0.25, 0.3) is 0 Å². The van der Waals surface area contributed by atoms with E-state index in [4.69, 9.17) is 5.73 Å². The molecule has 0 saturated carbocycles. The van der Waals surface area contributed by atoms with Crippen molar-refractivity contribution in [2.24, 2.45) is 5.92 Å². The summed E-state index contributed by atoms with van der Waals surface area (Å²) < 4.78 is 2.01. The fraction of sp³-hybridized carbons (Fsp3) is 0.438. The van der Waals surface area contributed by atoms with Crippen LogP contribution in [0.3, 0.4) is 0 Å². The number of nitrogens with zero attached hydrogens (tertiary/aromatic N) is 2. The smallest absolute Gasteiger partial charge is 0.148 e. The van der Waals surface area contributed by atoms with Crippen molar-refractivity contribution >= 4 is 11.5 Å². The number of anilines is 2. The number of hydrogen-bond donors (Lipinski definition) is 2. The first-order valence-electron chi connectivity index (χ1n) is 7.31. The molecule has 1 aliphatic rings. The van der Waals surface area contributed by atoms with E-state index in [1.54, 1.807) is 6.20 Å². The van der Waals surface area contributed by atoms with Gasteiger partial charge in [-0.25, -0.2) is 4.68 Å². The molecule has 3 N–H and O–H groups in total. The van der Waals surface area contributed by atoms with Gasteiger partial charge in [0.25, 0.3) is 0 Å². The number of rotatable bonds is 3. The molecule has 1 aromatic carbocycles. The fourth-order valence-corrected chi connectivity index (χ4v) is 2.90. The summed E-state index contributed by atoms with van der Waals surface area (Å²) in [5, 5.41) is 7.74. The van der Waals surface area contributed by atoms with Gasteiger partial charge in [-0.2, -0.15) is 5.10 Å². The van der Waals surface area contributed by atoms with Gasteiger partial charge in [-0.1, -0.05) is 38.1 Å². The molecule has 0 radical (unpaired) electrons. The highest BCUT2D eigenvalue weighted by atomic mass is 15.4. The molecule has 2 aromatic rings. The molecule has 4 heteroatoms. The molecular formula is C16H22N4. The van der Waals surface area contributed by atoms with Crippen molar-refractivity contribution in [3.8, 4) is 0 Å². The molecular weight excluding hydrogens is 248 g/mol. The molecule has 106 valence electrons. The lowest BCUT2D eigenvalue weighted by Crippen LogP contribution is -2.24. The van der Waals surface area contributed by atoms with E-state index in [9.17, 15) is 0 Å². The topological polar surface area (TPSA) is 55.9 Å². The zero-order chi connectivity index (χ0) is 14.1. The molecule has 2 heterocycles. The monoisotopic (exact) mass is 270 g/mol. The van der Waals surface area contributed by atoms with E-state index in [2.05, 4.69) is 48.5 Å². The zero-order valence-corrected chi connectivity index (χ0v) is 12.1. The molecule has 1 aliphatic heterocycles. The van der Waals surface area contributed by atoms with E-state index in [0.717, 1.165) is 30.9 Å². The lowest BCUT2D eigenvalue weighted by molar-refractivity contribution is 0.482. The van der Waals surface area contributed by atoms with E-state index in [1.165, 1.54) is 11.1 Å². The molecule has 0 spiro atoms. The second-order valence-corrected chi connectivity index (χ2v) is 5.96. The molecule has 3 rings (SSSR count). The summed E-state index contributed by atoms with van der Waals surface area (Å²) in [4.78, 5) is 0. The number of benzene rings is 1. The van der Waals surface area contributed by atoms with Crippen LogP contribution >= 0.6 is 0 Å². The lowest BCUT2D eigenvalue weighted by atomic mass is 9.97. The van der Waals surface area contributed by atoms with Gasteiger partial charge in [-0.15, -0.1) is 0 Å². The Morgan fingerprint density at radius 1 is 1.35 bits per heavy atom. The van der Waals surface area contributed by atoms with Crippen LogP contribution in [-0.4, -0.2) is 16.3 Å². The third-order valence-electron chi connectivity index (χ3n) is 3.84. The summed E-state index contributed by atoms with van der Waals surface area (Å²) in [5.41, 5.74) is 9.37. The standard InChI is InChI=1S/C16H22N4/c1-11(2)9-12-3-5-13(6-4-12)15-7-8-18-16-14(17)10-19-20(15)16/h3-6,10-11,15,18H,7-9,17H2,1-2H3. The Morgan fingerprint density at radius 3 is 2.80 bits per heavy atom. The molecule has 1 atom stereocenters. The molecule has 1 unspecified atom stereocenters. The first-order valence-corrected chi connectivity index (χ1v) is 7.31. The number of hydrogen-bond acceptors (Lipinski definition) is 3. The van der Waals surface area contributed by atoms with Gasteiger partial charge < -0.3 is 11.1 Å². The Bertz CT molecular complexity index is 583. The van der Waals surface area contributed by atoms with Crippen LogP contribution in [0.4, 0.5) is 11.5 Å². The number of nitrogens with one attached hydrogen (secondary N) is 1. The maximum absolute atomic E-state index is 5.93. The Labute approximate surface area is 120 Å². The van der Waals surface area contributed by atoms with Crippen molar-refractivity contribution in [3.05, 3.63) is 41.6 Å². The molecule has 0 fully saturated rings. The van der Waals surface area contributed by atoms with Gasteiger partial charge in [0.2, 0.25) is 0 Å². The van der Waals surface area contributed by atoms with Gasteiger partial charge in [0, 0.05) is 6.54 Å². The Kier molecular flexibility index (Phi) is 3.38. The van der Waals surface area contributed by atoms with E-state index in [1.807, 2.05) is 4.68 Å². The van der Waals surface area contributed by atoms with Crippen molar-refractivity contribution < 1.29 is 0 Å². The highest BCUT2D eigenvalue weighted by molar-refractivity contribution is 5.62. The largest absolute Gasteiger partial charge is 0.394 e. The van der Waals surface area contributed by atoms with Crippen molar-refractivity contribution in [1.29, 1.82) is 0 Å². The van der Waals surface area contributed by atoms with E-state index >= 15 is 0 Å². The van der Waals surface area contributed by atoms with Crippen LogP contribution in [-0.2, 0) is 6.42 Å². The summed E-state index contributed by atoms with van der Waals surface area (Å²) in [6.07, 6.45) is 3.90. The molecule has 0 bridgehead atoms. The van der Waals surface area contributed by atoms with Crippen molar-refractivity contribution in [2.75, 3.05) is 17.6 Å². The number of nitrogen functional groups attached to an aromatic ring is 1. The number of nitrogens with two attached hydrogens (primary N) is 1. The van der Waals surface area contributed by atoms with Crippen LogP contribution in [0.2, 0.25) is 0 Å². The van der Waals surface area contributed by atoms with Crippen LogP contribution < -0.4 is 11.1 Å². The second-order valence-electron chi connectivity index (χ2n) is 5.96. The molecule has 4 nitrogen and oxygen atoms in total. The third kappa shape index (κ3) is 2.38. The summed E-state index contributed by atoms with van der Waals surface area (Å²) >= 11 is 0. The molecule has 0 saturated heterocycles. The molecule has 0 amide bonds. The maximum Gasteiger partial charge on any atom is 0.148 e. The minimum atomic E-state index is 0.289. The third-order valence-corrected chi connectivity index (χ3v) is 3.84. The predicted molar refractivity (Wildman–Crippen MR) is 82.9 cm³/mol. The van der Waals surface area contributed by atoms with Crippen molar-refractivity contribution in [2.45, 2.75) is 32.7 Å². The van der Waals surface area contributed by atoms with Gasteiger partial charge in [0.05, 0.1) is 17.9 Å². The number of aromatic nitrogens is 2. The Balaban J connectivity index is 1.87. The molecule has 20 heavy (non-hydrogen) atoms. The van der Waals surface area contributed by atoms with Crippen LogP contribution in [0.15, 0.2) is 30.5 Å². The minimum absolute atomic E-state index is 0.289. The van der Waals surface area contributed by atoms with E-state index < -0.39 is 0 Å². The molecule has 0 aliphatic carbocycles. The van der Waals surface area contributed by atoms with Crippen LogP contribution in [0, 0.1) is 5.92 Å². The first-order chi connectivity index (χ1) is 9.65. The summed E-state index contributed by atoms with van der Waals surface area (Å²) in [6, 6.07) is 9.23. The molecule has 1 aromatic heterocycles. The first kappa shape index (κ1) is 13.0. The summed E-state index contributed by atoms with van der Waals surface area (Å²) in [7, 11) is 0. The number of fused-ring (bicyclic) bond motifs is 1. The van der Waals surface area contributed by atoms with Gasteiger partial charge >= 0.3 is 0 Å². The zero-order valence-electron chi connectivity index (χ0n) is 12.1. The van der Waals surface area contributed by atoms with Crippen molar-refractivity contribution in [1.82, 2.24) is 9.78 Å². The normalized spacial score (nSPS) is 17.9. The van der Waals surface area contributed by atoms with Gasteiger partial charge in [-0.05, 0) is 29.9 Å². The predicted octanol–water partition coefficient (Wildman–Crippen LogP) is 3.07. The summed E-state index contributed by atoms with van der Waals surface area (Å²) in [6.45, 7) is 5.44. The van der Waals surface area contributed by atoms with Gasteiger partial charge in [-0.3, -0.25) is 0 Å². The average Bonchev–Trinajstić information content (AvgIpc) is 2.81. The van der Waals surface area contributed by atoms with Crippen LogP contribution in [0.5, 0.6) is 0 Å². The van der Waals surface area contributed by atoms with Gasteiger partial charge in [0.1, 0.15) is 5.82 Å². The SMILES string of the molecule is CC(C)Cc1ccc(C2CCNc3c(N)cnn32)cc1. The highest BCUT2D eigenvalue weighted by Crippen LogP contribution is 2.32. The second kappa shape index (κ2) is 5.19. The Morgan fingerprint density at radius 2 is 2.10 bits per heavy atom. The van der Waals surface area contributed by atoms with Crippen molar-refractivity contribution in [3.63, 3.8) is 0 Å². The van der Waals surface area contributed by atoms with Gasteiger partial charge in [0.15, 0.2) is 0 Å². The van der Waals surface area contributed by atoms with E-state index in [0.29, 0.717) is 5.92 Å².